The van der Waals surface area contributed by atoms with Crippen LogP contribution in [0, 0.1) is 5.92 Å². The van der Waals surface area contributed by atoms with Crippen molar-refractivity contribution in [2.75, 3.05) is 32.9 Å². The number of aromatic nitrogens is 1. The van der Waals surface area contributed by atoms with Crippen LogP contribution < -0.4 is 0 Å². The fraction of sp³-hybridized carbons (Fsp3) is 0.471. The minimum atomic E-state index is -3.31. The molecule has 2 atom stereocenters. The fourth-order valence-electron chi connectivity index (χ4n) is 2.97. The molecule has 0 unspecified atom stereocenters. The first-order valence-corrected chi connectivity index (χ1v) is 10.6. The van der Waals surface area contributed by atoms with E-state index >= 15 is 0 Å². The summed E-state index contributed by atoms with van der Waals surface area (Å²) in [6.07, 6.45) is -0.622. The molecule has 0 saturated carbocycles. The molecule has 0 spiro atoms. The minimum absolute atomic E-state index is 0.0230. The van der Waals surface area contributed by atoms with Crippen LogP contribution in [0.1, 0.15) is 5.01 Å². The molecular weight excluding hydrogens is 358 g/mol. The molecule has 1 N–H and O–H groups in total. The van der Waals surface area contributed by atoms with Gasteiger partial charge in [-0.15, -0.1) is 11.3 Å². The second-order valence-electron chi connectivity index (χ2n) is 6.57. The van der Waals surface area contributed by atoms with Crippen molar-refractivity contribution in [2.45, 2.75) is 12.6 Å². The van der Waals surface area contributed by atoms with E-state index in [9.17, 15) is 13.5 Å². The zero-order chi connectivity index (χ0) is 18.0. The Morgan fingerprint density at radius 2 is 2.00 bits per heavy atom. The summed E-state index contributed by atoms with van der Waals surface area (Å²) in [5.74, 6) is -0.286. The lowest BCUT2D eigenvalue weighted by Gasteiger charge is -2.17. The highest BCUT2D eigenvalue weighted by Gasteiger charge is 2.35. The monoisotopic (exact) mass is 381 g/mol. The molecule has 136 valence electrons. The van der Waals surface area contributed by atoms with E-state index in [-0.39, 0.29) is 11.7 Å². The number of sulfonamides is 1. The number of aliphatic hydroxyl groups is 1. The van der Waals surface area contributed by atoms with Crippen molar-refractivity contribution in [2.24, 2.45) is 5.92 Å². The average molecular weight is 382 g/mol. The Morgan fingerprint density at radius 1 is 1.28 bits per heavy atom. The lowest BCUT2D eigenvalue weighted by Crippen LogP contribution is -2.33. The molecule has 6 nitrogen and oxygen atoms in total. The molecule has 1 fully saturated rings. The molecule has 1 saturated heterocycles. The largest absolute Gasteiger partial charge is 0.391 e. The Hall–Kier alpha value is -1.32. The number of likely N-dealkylation sites (tertiary alicyclic amines) is 1. The number of hydrogen-bond acceptors (Lipinski definition) is 6. The van der Waals surface area contributed by atoms with Gasteiger partial charge in [-0.2, -0.15) is 0 Å². The molecule has 0 bridgehead atoms. The van der Waals surface area contributed by atoms with Crippen molar-refractivity contribution >= 4 is 21.4 Å². The van der Waals surface area contributed by atoms with Crippen LogP contribution in [0.4, 0.5) is 0 Å². The predicted molar refractivity (Wildman–Crippen MR) is 99.8 cm³/mol. The first-order valence-electron chi connectivity index (χ1n) is 8.15. The molecule has 1 aliphatic rings. The van der Waals surface area contributed by atoms with Crippen LogP contribution in [-0.4, -0.2) is 66.8 Å². The zero-order valence-electron chi connectivity index (χ0n) is 14.4. The summed E-state index contributed by atoms with van der Waals surface area (Å²) in [5, 5.41) is 13.2. The summed E-state index contributed by atoms with van der Waals surface area (Å²) < 4.78 is 25.3. The number of nitrogens with zero attached hydrogens (tertiary/aromatic N) is 3. The highest BCUT2D eigenvalue weighted by atomic mass is 32.2. The van der Waals surface area contributed by atoms with Crippen LogP contribution >= 0.6 is 11.3 Å². The van der Waals surface area contributed by atoms with Crippen LogP contribution in [-0.2, 0) is 16.6 Å². The maximum atomic E-state index is 12.0. The van der Waals surface area contributed by atoms with E-state index in [1.807, 2.05) is 35.7 Å². The van der Waals surface area contributed by atoms with E-state index in [0.717, 1.165) is 16.3 Å². The van der Waals surface area contributed by atoms with Gasteiger partial charge in [-0.05, 0) is 0 Å². The molecule has 0 amide bonds. The number of hydrogen-bond donors (Lipinski definition) is 1. The summed E-state index contributed by atoms with van der Waals surface area (Å²) in [4.78, 5) is 6.74. The Kier molecular flexibility index (Phi) is 5.55. The third kappa shape index (κ3) is 4.45. The molecule has 1 aliphatic heterocycles. The molecule has 2 heterocycles. The molecule has 2 aromatic rings. The van der Waals surface area contributed by atoms with E-state index in [4.69, 9.17) is 0 Å². The Labute approximate surface area is 152 Å². The first kappa shape index (κ1) is 18.5. The van der Waals surface area contributed by atoms with Gasteiger partial charge >= 0.3 is 0 Å². The van der Waals surface area contributed by atoms with E-state index in [0.29, 0.717) is 19.6 Å². The van der Waals surface area contributed by atoms with Gasteiger partial charge in [-0.1, -0.05) is 30.3 Å². The predicted octanol–water partition coefficient (Wildman–Crippen LogP) is 1.49. The number of thiazole rings is 1. The van der Waals surface area contributed by atoms with E-state index in [1.54, 1.807) is 11.3 Å². The quantitative estimate of drug-likeness (QED) is 0.821. The summed E-state index contributed by atoms with van der Waals surface area (Å²) in [6.45, 7) is 1.68. The maximum absolute atomic E-state index is 12.0. The maximum Gasteiger partial charge on any atom is 0.214 e. The number of benzene rings is 1. The van der Waals surface area contributed by atoms with Crippen molar-refractivity contribution < 1.29 is 13.5 Å². The van der Waals surface area contributed by atoms with Crippen molar-refractivity contribution in [3.8, 4) is 11.3 Å². The van der Waals surface area contributed by atoms with E-state index < -0.39 is 16.1 Å². The number of rotatable bonds is 6. The molecular formula is C17H23N3O3S2. The topological polar surface area (TPSA) is 73.7 Å². The highest BCUT2D eigenvalue weighted by Crippen LogP contribution is 2.25. The van der Waals surface area contributed by atoms with Crippen LogP contribution in [0.25, 0.3) is 11.3 Å². The molecule has 1 aromatic heterocycles. The van der Waals surface area contributed by atoms with Crippen molar-refractivity contribution in [1.29, 1.82) is 0 Å². The summed E-state index contributed by atoms with van der Waals surface area (Å²) in [5.41, 5.74) is 2.04. The third-order valence-electron chi connectivity index (χ3n) is 4.44. The lowest BCUT2D eigenvalue weighted by molar-refractivity contribution is 0.148. The summed E-state index contributed by atoms with van der Waals surface area (Å²) in [7, 11) is -0.263. The van der Waals surface area contributed by atoms with Gasteiger partial charge in [0.05, 0.1) is 24.1 Å². The summed E-state index contributed by atoms with van der Waals surface area (Å²) >= 11 is 1.59. The van der Waals surface area contributed by atoms with Gasteiger partial charge < -0.3 is 5.11 Å². The molecule has 0 radical (unpaired) electrons. The van der Waals surface area contributed by atoms with E-state index in [1.165, 1.54) is 18.4 Å². The zero-order valence-corrected chi connectivity index (χ0v) is 16.0. The van der Waals surface area contributed by atoms with Gasteiger partial charge in [0.2, 0.25) is 10.0 Å². The normalized spacial score (nSPS) is 21.9. The first-order chi connectivity index (χ1) is 11.8. The van der Waals surface area contributed by atoms with Gasteiger partial charge in [0.1, 0.15) is 5.01 Å². The summed E-state index contributed by atoms with van der Waals surface area (Å²) in [6, 6.07) is 10.0. The Balaban J connectivity index is 1.62. The van der Waals surface area contributed by atoms with Crippen molar-refractivity contribution in [3.05, 3.63) is 40.7 Å². The van der Waals surface area contributed by atoms with Gasteiger partial charge in [0.25, 0.3) is 0 Å². The van der Waals surface area contributed by atoms with Crippen molar-refractivity contribution in [3.63, 3.8) is 0 Å². The van der Waals surface area contributed by atoms with Gasteiger partial charge in [-0.25, -0.2) is 17.7 Å². The van der Waals surface area contributed by atoms with Gasteiger partial charge in [-0.3, -0.25) is 4.90 Å². The molecule has 3 rings (SSSR count). The smallest absolute Gasteiger partial charge is 0.214 e. The standard InChI is InChI=1S/C17H23N3O3S2/c1-19(2)25(22,23)12-14-8-20(9-16(14)21)10-17-18-15(11-24-17)13-6-4-3-5-7-13/h3-7,11,14,16,21H,8-10,12H2,1-2H3/t14-,16-/m0/s1. The number of β-amino-alcohol motifs (C(OH)–C–C–N with tert-alkyl or cyclic N) is 1. The highest BCUT2D eigenvalue weighted by molar-refractivity contribution is 7.89. The average Bonchev–Trinajstić information content (AvgIpc) is 3.15. The Bertz CT molecular complexity index is 806. The Morgan fingerprint density at radius 3 is 2.68 bits per heavy atom. The second-order valence-corrected chi connectivity index (χ2v) is 9.75. The third-order valence-corrected chi connectivity index (χ3v) is 7.24. The second kappa shape index (κ2) is 7.51. The molecule has 0 aliphatic carbocycles. The van der Waals surface area contributed by atoms with Crippen LogP contribution in [0.15, 0.2) is 35.7 Å². The minimum Gasteiger partial charge on any atom is -0.391 e. The van der Waals surface area contributed by atoms with Gasteiger partial charge in [0.15, 0.2) is 0 Å². The lowest BCUT2D eigenvalue weighted by atomic mass is 10.1. The van der Waals surface area contributed by atoms with Crippen LogP contribution in [0.2, 0.25) is 0 Å². The molecule has 25 heavy (non-hydrogen) atoms. The molecule has 1 aromatic carbocycles. The fourth-order valence-corrected chi connectivity index (χ4v) is 4.98. The van der Waals surface area contributed by atoms with Crippen LogP contribution in [0.3, 0.4) is 0 Å². The van der Waals surface area contributed by atoms with Crippen molar-refractivity contribution in [1.82, 2.24) is 14.2 Å². The molecule has 8 heteroatoms. The van der Waals surface area contributed by atoms with Gasteiger partial charge in [0, 0.05) is 44.0 Å². The number of aliphatic hydroxyl groups excluding tert-OH is 1. The van der Waals surface area contributed by atoms with Crippen LogP contribution in [0.5, 0.6) is 0 Å². The van der Waals surface area contributed by atoms with E-state index in [2.05, 4.69) is 9.88 Å². The SMILES string of the molecule is CN(C)S(=O)(=O)C[C@@H]1CN(Cc2nc(-c3ccccc3)cs2)C[C@@H]1O.